The molecule has 3 rings (SSSR count). The van der Waals surface area contributed by atoms with Crippen LogP contribution in [0, 0.1) is 12.7 Å². The lowest BCUT2D eigenvalue weighted by molar-refractivity contribution is 0.0557. The number of ether oxygens (including phenoxy) is 1. The molecule has 1 saturated heterocycles. The summed E-state index contributed by atoms with van der Waals surface area (Å²) in [6, 6.07) is 5.54. The quantitative estimate of drug-likeness (QED) is 0.929. The molecule has 1 N–H and O–H groups in total. The van der Waals surface area contributed by atoms with Crippen LogP contribution in [0.3, 0.4) is 0 Å². The molecule has 1 aliphatic rings. The molecule has 1 aliphatic heterocycles. The molecular formula is C15H18FN3O3S. The number of nitrogens with zero attached hydrogens (tertiary/aromatic N) is 2. The van der Waals surface area contributed by atoms with Gasteiger partial charge in [0.15, 0.2) is 0 Å². The molecule has 1 fully saturated rings. The van der Waals surface area contributed by atoms with Crippen molar-refractivity contribution in [1.29, 1.82) is 0 Å². The Kier molecular flexibility index (Phi) is 4.36. The Morgan fingerprint density at radius 1 is 1.39 bits per heavy atom. The Morgan fingerprint density at radius 2 is 2.22 bits per heavy atom. The van der Waals surface area contributed by atoms with Gasteiger partial charge < -0.3 is 4.74 Å². The van der Waals surface area contributed by atoms with E-state index in [2.05, 4.69) is 9.82 Å². The molecule has 0 spiro atoms. The molecule has 1 aromatic carbocycles. The van der Waals surface area contributed by atoms with Gasteiger partial charge in [-0.1, -0.05) is 6.07 Å². The van der Waals surface area contributed by atoms with E-state index in [1.54, 1.807) is 23.7 Å². The molecule has 0 aliphatic carbocycles. The van der Waals surface area contributed by atoms with E-state index in [0.717, 1.165) is 12.8 Å². The van der Waals surface area contributed by atoms with Gasteiger partial charge in [0.05, 0.1) is 18.8 Å². The molecule has 0 bridgehead atoms. The number of rotatable bonds is 4. The van der Waals surface area contributed by atoms with Crippen molar-refractivity contribution in [2.24, 2.45) is 0 Å². The third-order valence-corrected chi connectivity index (χ3v) is 5.16. The highest BCUT2D eigenvalue weighted by Gasteiger charge is 2.24. The van der Waals surface area contributed by atoms with Gasteiger partial charge >= 0.3 is 0 Å². The topological polar surface area (TPSA) is 73.2 Å². The van der Waals surface area contributed by atoms with Gasteiger partial charge in [-0.15, -0.1) is 0 Å². The third kappa shape index (κ3) is 3.37. The number of benzene rings is 1. The Hall–Kier alpha value is -1.93. The molecule has 23 heavy (non-hydrogen) atoms. The Morgan fingerprint density at radius 3 is 2.91 bits per heavy atom. The number of halogens is 1. The van der Waals surface area contributed by atoms with E-state index >= 15 is 0 Å². The molecule has 6 nitrogen and oxygen atoms in total. The van der Waals surface area contributed by atoms with Crippen LogP contribution < -0.4 is 4.72 Å². The number of nitrogens with one attached hydrogen (secondary N) is 1. The Balaban J connectivity index is 1.88. The molecule has 2 heterocycles. The summed E-state index contributed by atoms with van der Waals surface area (Å²) in [5, 5.41) is 4.17. The van der Waals surface area contributed by atoms with Crippen LogP contribution in [0.25, 0.3) is 0 Å². The van der Waals surface area contributed by atoms with E-state index in [0.29, 0.717) is 24.6 Å². The molecule has 1 atom stereocenters. The fraction of sp³-hybridized carbons (Fsp3) is 0.400. The highest BCUT2D eigenvalue weighted by atomic mass is 32.2. The molecule has 0 amide bonds. The fourth-order valence-electron chi connectivity index (χ4n) is 2.62. The van der Waals surface area contributed by atoms with E-state index in [1.807, 2.05) is 0 Å². The lowest BCUT2D eigenvalue weighted by Gasteiger charge is -2.24. The number of hydrogen-bond acceptors (Lipinski definition) is 4. The lowest BCUT2D eigenvalue weighted by Crippen LogP contribution is -2.25. The zero-order chi connectivity index (χ0) is 16.4. The van der Waals surface area contributed by atoms with Gasteiger partial charge in [0, 0.05) is 12.7 Å². The maximum Gasteiger partial charge on any atom is 0.265 e. The van der Waals surface area contributed by atoms with Crippen molar-refractivity contribution >= 4 is 15.8 Å². The fourth-order valence-corrected chi connectivity index (χ4v) is 3.73. The van der Waals surface area contributed by atoms with E-state index in [1.165, 1.54) is 18.3 Å². The van der Waals surface area contributed by atoms with Gasteiger partial charge in [0.25, 0.3) is 10.0 Å². The average Bonchev–Trinajstić information content (AvgIpc) is 2.95. The van der Waals surface area contributed by atoms with E-state index in [4.69, 9.17) is 4.74 Å². The standard InChI is InChI=1S/C15H18FN3O3S/c1-11-4-5-14(13(16)9-11)23(20,21)18-15-6-7-17-19(15)12-3-2-8-22-10-12/h4-7,9,12,18H,2-3,8,10H2,1H3. The summed E-state index contributed by atoms with van der Waals surface area (Å²) in [6.45, 7) is 2.88. The summed E-state index contributed by atoms with van der Waals surface area (Å²) < 4.78 is 48.3. The summed E-state index contributed by atoms with van der Waals surface area (Å²) >= 11 is 0. The van der Waals surface area contributed by atoms with Crippen molar-refractivity contribution < 1.29 is 17.5 Å². The summed E-state index contributed by atoms with van der Waals surface area (Å²) in [6.07, 6.45) is 3.26. The van der Waals surface area contributed by atoms with E-state index < -0.39 is 15.8 Å². The molecular weight excluding hydrogens is 321 g/mol. The molecule has 8 heteroatoms. The van der Waals surface area contributed by atoms with Gasteiger partial charge in [-0.3, -0.25) is 4.72 Å². The number of anilines is 1. The first-order valence-corrected chi connectivity index (χ1v) is 8.86. The summed E-state index contributed by atoms with van der Waals surface area (Å²) in [5.41, 5.74) is 0.658. The van der Waals surface area contributed by atoms with Crippen molar-refractivity contribution in [3.8, 4) is 0 Å². The molecule has 0 saturated carbocycles. The first-order valence-electron chi connectivity index (χ1n) is 7.37. The van der Waals surface area contributed by atoms with Crippen molar-refractivity contribution in [2.75, 3.05) is 17.9 Å². The van der Waals surface area contributed by atoms with Crippen LogP contribution in [-0.4, -0.2) is 31.4 Å². The number of aromatic nitrogens is 2. The lowest BCUT2D eigenvalue weighted by atomic mass is 10.1. The van der Waals surface area contributed by atoms with Crippen LogP contribution in [-0.2, 0) is 14.8 Å². The van der Waals surface area contributed by atoms with Gasteiger partial charge in [-0.25, -0.2) is 17.5 Å². The zero-order valence-electron chi connectivity index (χ0n) is 12.7. The monoisotopic (exact) mass is 339 g/mol. The second kappa shape index (κ2) is 6.29. The average molecular weight is 339 g/mol. The van der Waals surface area contributed by atoms with Gasteiger partial charge in [-0.2, -0.15) is 5.10 Å². The van der Waals surface area contributed by atoms with Crippen molar-refractivity contribution in [3.63, 3.8) is 0 Å². The Bertz CT molecular complexity index is 798. The van der Waals surface area contributed by atoms with Crippen LogP contribution in [0.4, 0.5) is 10.2 Å². The summed E-state index contributed by atoms with van der Waals surface area (Å²) in [4.78, 5) is -0.379. The maximum absolute atomic E-state index is 14.0. The van der Waals surface area contributed by atoms with Crippen molar-refractivity contribution in [2.45, 2.75) is 30.7 Å². The highest BCUT2D eigenvalue weighted by molar-refractivity contribution is 7.92. The van der Waals surface area contributed by atoms with Crippen LogP contribution in [0.1, 0.15) is 24.4 Å². The third-order valence-electron chi connectivity index (χ3n) is 3.77. The maximum atomic E-state index is 14.0. The highest BCUT2D eigenvalue weighted by Crippen LogP contribution is 2.25. The van der Waals surface area contributed by atoms with E-state index in [9.17, 15) is 12.8 Å². The molecule has 2 aromatic rings. The van der Waals surface area contributed by atoms with Crippen LogP contribution >= 0.6 is 0 Å². The van der Waals surface area contributed by atoms with Gasteiger partial charge in [0.2, 0.25) is 0 Å². The number of hydrogen-bond donors (Lipinski definition) is 1. The molecule has 0 radical (unpaired) electrons. The second-order valence-corrected chi connectivity index (χ2v) is 7.22. The van der Waals surface area contributed by atoms with Crippen LogP contribution in [0.5, 0.6) is 0 Å². The van der Waals surface area contributed by atoms with Crippen molar-refractivity contribution in [1.82, 2.24) is 9.78 Å². The minimum absolute atomic E-state index is 0.0284. The smallest absolute Gasteiger partial charge is 0.265 e. The van der Waals surface area contributed by atoms with E-state index in [-0.39, 0.29) is 10.9 Å². The predicted molar refractivity (Wildman–Crippen MR) is 83.3 cm³/mol. The number of aryl methyl sites for hydroxylation is 1. The predicted octanol–water partition coefficient (Wildman–Crippen LogP) is 2.48. The first kappa shape index (κ1) is 15.9. The molecule has 124 valence electrons. The van der Waals surface area contributed by atoms with Crippen molar-refractivity contribution in [3.05, 3.63) is 41.8 Å². The second-order valence-electron chi connectivity index (χ2n) is 5.57. The largest absolute Gasteiger partial charge is 0.379 e. The molecule has 1 unspecified atom stereocenters. The minimum atomic E-state index is -4.02. The molecule has 1 aromatic heterocycles. The van der Waals surface area contributed by atoms with Gasteiger partial charge in [-0.05, 0) is 37.5 Å². The van der Waals surface area contributed by atoms with Gasteiger partial charge in [0.1, 0.15) is 16.5 Å². The summed E-state index contributed by atoms with van der Waals surface area (Å²) in [5.74, 6) is -0.468. The first-order chi connectivity index (χ1) is 11.0. The minimum Gasteiger partial charge on any atom is -0.379 e. The van der Waals surface area contributed by atoms with Crippen LogP contribution in [0.15, 0.2) is 35.4 Å². The summed E-state index contributed by atoms with van der Waals surface area (Å²) in [7, 11) is -4.02. The Labute approximate surface area is 134 Å². The van der Waals surface area contributed by atoms with Crippen LogP contribution in [0.2, 0.25) is 0 Å². The normalized spacial score (nSPS) is 18.8. The zero-order valence-corrected chi connectivity index (χ0v) is 13.5. The number of sulfonamides is 1. The SMILES string of the molecule is Cc1ccc(S(=O)(=O)Nc2ccnn2C2CCCOC2)c(F)c1.